The van der Waals surface area contributed by atoms with Crippen LogP contribution in [0.1, 0.15) is 51.2 Å². The number of halogens is 1. The maximum atomic E-state index is 14.8. The number of benzene rings is 1. The lowest BCUT2D eigenvalue weighted by atomic mass is 9.58. The van der Waals surface area contributed by atoms with Gasteiger partial charge in [-0.3, -0.25) is 4.79 Å². The molecule has 154 valence electrons. The lowest BCUT2D eigenvalue weighted by Gasteiger charge is -2.53. The number of amides is 1. The number of fused-ring (bicyclic) bond motifs is 1. The predicted molar refractivity (Wildman–Crippen MR) is 102 cm³/mol. The van der Waals surface area contributed by atoms with Crippen molar-refractivity contribution in [2.24, 2.45) is 22.7 Å². The minimum Gasteiger partial charge on any atom is -0.496 e. The molecule has 0 aromatic heterocycles. The van der Waals surface area contributed by atoms with Crippen LogP contribution < -0.4 is 10.1 Å². The summed E-state index contributed by atoms with van der Waals surface area (Å²) in [5, 5.41) is 12.4. The van der Waals surface area contributed by atoms with E-state index in [2.05, 4.69) is 19.2 Å². The van der Waals surface area contributed by atoms with Gasteiger partial charge in [-0.1, -0.05) is 19.9 Å². The Balaban J connectivity index is 1.72. The number of ether oxygens (including phenoxy) is 2. The number of aliphatic hydroxyl groups excluding tert-OH is 1. The minimum atomic E-state index is -0.372. The summed E-state index contributed by atoms with van der Waals surface area (Å²) in [5.41, 5.74) is 0.345. The second-order valence-electron chi connectivity index (χ2n) is 9.17. The summed E-state index contributed by atoms with van der Waals surface area (Å²) >= 11 is 0. The van der Waals surface area contributed by atoms with Gasteiger partial charge in [-0.05, 0) is 54.1 Å². The zero-order chi connectivity index (χ0) is 20.1. The number of nitrogens with one attached hydrogen (secondary N) is 1. The molecule has 1 aromatic rings. The molecule has 2 saturated carbocycles. The van der Waals surface area contributed by atoms with Gasteiger partial charge in [0.1, 0.15) is 11.6 Å². The van der Waals surface area contributed by atoms with Crippen LogP contribution in [0.4, 0.5) is 4.39 Å². The average molecular weight is 391 g/mol. The molecule has 0 radical (unpaired) electrons. The summed E-state index contributed by atoms with van der Waals surface area (Å²) in [5.74, 6) is 0.672. The molecule has 1 heterocycles. The highest BCUT2D eigenvalue weighted by molar-refractivity contribution is 5.76. The molecule has 2 bridgehead atoms. The smallest absolute Gasteiger partial charge is 0.222 e. The Morgan fingerprint density at radius 3 is 2.93 bits per heavy atom. The Morgan fingerprint density at radius 1 is 1.43 bits per heavy atom. The van der Waals surface area contributed by atoms with E-state index in [1.54, 1.807) is 19.2 Å². The third kappa shape index (κ3) is 2.76. The molecule has 5 atom stereocenters. The molecule has 4 rings (SSSR count). The van der Waals surface area contributed by atoms with E-state index in [9.17, 15) is 9.18 Å². The summed E-state index contributed by atoms with van der Waals surface area (Å²) in [6, 6.07) is 4.88. The van der Waals surface area contributed by atoms with E-state index in [0.717, 1.165) is 19.3 Å². The van der Waals surface area contributed by atoms with Crippen LogP contribution in [0.25, 0.3) is 0 Å². The number of rotatable bonds is 5. The molecule has 1 spiro atoms. The van der Waals surface area contributed by atoms with Crippen LogP contribution in [-0.2, 0) is 9.53 Å². The van der Waals surface area contributed by atoms with Gasteiger partial charge in [0.05, 0.1) is 25.4 Å². The summed E-state index contributed by atoms with van der Waals surface area (Å²) < 4.78 is 26.4. The van der Waals surface area contributed by atoms with Gasteiger partial charge in [0.15, 0.2) is 0 Å². The summed E-state index contributed by atoms with van der Waals surface area (Å²) in [7, 11) is 1.55. The van der Waals surface area contributed by atoms with Gasteiger partial charge in [-0.2, -0.15) is 0 Å². The molecule has 2 aliphatic carbocycles. The number of hydrogen-bond donors (Lipinski definition) is 2. The van der Waals surface area contributed by atoms with Gasteiger partial charge >= 0.3 is 0 Å². The highest BCUT2D eigenvalue weighted by Gasteiger charge is 2.68. The molecular weight excluding hydrogens is 361 g/mol. The van der Waals surface area contributed by atoms with Gasteiger partial charge in [0, 0.05) is 19.1 Å². The first-order valence-electron chi connectivity index (χ1n) is 10.2. The van der Waals surface area contributed by atoms with Crippen molar-refractivity contribution in [3.8, 4) is 5.75 Å². The molecule has 1 unspecified atom stereocenters. The van der Waals surface area contributed by atoms with Gasteiger partial charge < -0.3 is 19.9 Å². The molecule has 1 aliphatic heterocycles. The van der Waals surface area contributed by atoms with Crippen molar-refractivity contribution < 1.29 is 23.8 Å². The van der Waals surface area contributed by atoms with Crippen LogP contribution in [0.3, 0.4) is 0 Å². The first-order chi connectivity index (χ1) is 13.3. The zero-order valence-electron chi connectivity index (χ0n) is 16.8. The van der Waals surface area contributed by atoms with Crippen molar-refractivity contribution in [3.63, 3.8) is 0 Å². The van der Waals surface area contributed by atoms with E-state index < -0.39 is 0 Å². The average Bonchev–Trinajstić information content (AvgIpc) is 3.14. The van der Waals surface area contributed by atoms with Crippen molar-refractivity contribution >= 4 is 5.91 Å². The topological polar surface area (TPSA) is 67.8 Å². The first-order valence-corrected chi connectivity index (χ1v) is 10.2. The molecule has 5 nitrogen and oxygen atoms in total. The predicted octanol–water partition coefficient (Wildman–Crippen LogP) is 3.22. The first kappa shape index (κ1) is 19.6. The van der Waals surface area contributed by atoms with Crippen LogP contribution in [0, 0.1) is 28.5 Å². The second-order valence-corrected chi connectivity index (χ2v) is 9.17. The van der Waals surface area contributed by atoms with Gasteiger partial charge in [0.2, 0.25) is 5.91 Å². The van der Waals surface area contributed by atoms with Gasteiger partial charge in [-0.15, -0.1) is 0 Å². The fraction of sp³-hybridized carbons (Fsp3) is 0.682. The van der Waals surface area contributed by atoms with Crippen molar-refractivity contribution in [2.45, 2.75) is 51.7 Å². The Morgan fingerprint density at radius 2 is 2.21 bits per heavy atom. The molecular formula is C22H30FNO4. The molecule has 1 amide bonds. The maximum absolute atomic E-state index is 14.8. The van der Waals surface area contributed by atoms with Gasteiger partial charge in [-0.25, -0.2) is 4.39 Å². The quantitative estimate of drug-likeness (QED) is 0.809. The Bertz CT molecular complexity index is 767. The number of hydrogen-bond acceptors (Lipinski definition) is 4. The number of aliphatic hydroxyl groups is 1. The van der Waals surface area contributed by atoms with Crippen LogP contribution in [0.2, 0.25) is 0 Å². The molecule has 6 heteroatoms. The Hall–Kier alpha value is -1.66. The second kappa shape index (κ2) is 6.99. The Labute approximate surface area is 165 Å². The largest absolute Gasteiger partial charge is 0.496 e. The molecule has 2 N–H and O–H groups in total. The molecule has 1 aromatic carbocycles. The van der Waals surface area contributed by atoms with Crippen molar-refractivity contribution in [2.75, 3.05) is 20.3 Å². The zero-order valence-corrected chi connectivity index (χ0v) is 16.8. The van der Waals surface area contributed by atoms with Crippen molar-refractivity contribution in [1.29, 1.82) is 0 Å². The van der Waals surface area contributed by atoms with Crippen molar-refractivity contribution in [3.05, 3.63) is 29.6 Å². The third-order valence-electron chi connectivity index (χ3n) is 7.67. The normalized spacial score (nSPS) is 35.5. The molecule has 3 aliphatic rings. The highest BCUT2D eigenvalue weighted by atomic mass is 19.1. The maximum Gasteiger partial charge on any atom is 0.222 e. The third-order valence-corrected chi connectivity index (χ3v) is 7.67. The van der Waals surface area contributed by atoms with E-state index in [-0.39, 0.29) is 53.6 Å². The van der Waals surface area contributed by atoms with E-state index in [1.807, 2.05) is 0 Å². The van der Waals surface area contributed by atoms with Crippen LogP contribution in [0.15, 0.2) is 18.2 Å². The highest BCUT2D eigenvalue weighted by Crippen LogP contribution is 2.70. The van der Waals surface area contributed by atoms with Crippen LogP contribution >= 0.6 is 0 Å². The number of carbonyl (C=O) groups is 1. The van der Waals surface area contributed by atoms with Crippen LogP contribution in [-0.4, -0.2) is 37.4 Å². The fourth-order valence-electron chi connectivity index (χ4n) is 6.38. The molecule has 1 saturated heterocycles. The summed E-state index contributed by atoms with van der Waals surface area (Å²) in [6.45, 7) is 4.83. The SMILES string of the molecule is COc1cccc(F)c1[C@H]1OCCC23C[C@@H](C[C@H]12)C(C)(C)[C@@H]3NC(=O)CCO. The van der Waals surface area contributed by atoms with E-state index in [1.165, 1.54) is 6.07 Å². The lowest BCUT2D eigenvalue weighted by Crippen LogP contribution is -2.59. The summed E-state index contributed by atoms with van der Waals surface area (Å²) in [4.78, 5) is 12.4. The van der Waals surface area contributed by atoms with E-state index in [0.29, 0.717) is 23.8 Å². The van der Waals surface area contributed by atoms with Crippen molar-refractivity contribution in [1.82, 2.24) is 5.32 Å². The summed E-state index contributed by atoms with van der Waals surface area (Å²) in [6.07, 6.45) is 2.57. The molecule has 28 heavy (non-hydrogen) atoms. The fourth-order valence-corrected chi connectivity index (χ4v) is 6.38. The van der Waals surface area contributed by atoms with Gasteiger partial charge in [0.25, 0.3) is 0 Å². The standard InChI is InChI=1S/C22H30FNO4/c1-21(2)13-11-14-19(18-15(23)5-4-6-16(18)27-3)28-10-8-22(14,12-13)20(21)24-17(26)7-9-25/h4-6,13-14,19-20,25H,7-12H2,1-3H3,(H,24,26)/t13-,14-,19+,20+,22?/m1/s1. The lowest BCUT2D eigenvalue weighted by molar-refractivity contribution is -0.138. The minimum absolute atomic E-state index is 0.00744. The van der Waals surface area contributed by atoms with Crippen LogP contribution in [0.5, 0.6) is 5.75 Å². The number of carbonyl (C=O) groups excluding carboxylic acids is 1. The monoisotopic (exact) mass is 391 g/mol. The van der Waals surface area contributed by atoms with E-state index in [4.69, 9.17) is 14.6 Å². The molecule has 3 fully saturated rings. The Kier molecular flexibility index (Phi) is 4.91. The number of methoxy groups -OCH3 is 1. The van der Waals surface area contributed by atoms with E-state index >= 15 is 0 Å².